The second kappa shape index (κ2) is 5.78. The van der Waals surface area contributed by atoms with Crippen LogP contribution in [0.3, 0.4) is 0 Å². The first-order valence-electron chi connectivity index (χ1n) is 6.79. The van der Waals surface area contributed by atoms with E-state index in [1.807, 2.05) is 42.5 Å². The van der Waals surface area contributed by atoms with Crippen molar-refractivity contribution >= 4 is 34.0 Å². The van der Waals surface area contributed by atoms with Gasteiger partial charge in [0.25, 0.3) is 5.91 Å². The summed E-state index contributed by atoms with van der Waals surface area (Å²) in [4.78, 5) is 13.9. The molecule has 0 bridgehead atoms. The molecule has 3 rings (SSSR count). The maximum Gasteiger partial charge on any atom is 0.262 e. The Kier molecular flexibility index (Phi) is 3.82. The predicted octanol–water partition coefficient (Wildman–Crippen LogP) is 4.91. The third kappa shape index (κ3) is 2.55. The van der Waals surface area contributed by atoms with Gasteiger partial charge in [-0.3, -0.25) is 4.79 Å². The highest BCUT2D eigenvalue weighted by molar-refractivity contribution is 6.34. The highest BCUT2D eigenvalue weighted by Gasteiger charge is 2.20. The van der Waals surface area contributed by atoms with Crippen molar-refractivity contribution in [3.05, 3.63) is 77.1 Å². The van der Waals surface area contributed by atoms with Gasteiger partial charge >= 0.3 is 0 Å². The van der Waals surface area contributed by atoms with Crippen LogP contribution in [0.1, 0.15) is 10.4 Å². The summed E-state index contributed by atoms with van der Waals surface area (Å²) in [6.45, 7) is 0. The van der Waals surface area contributed by atoms with E-state index in [2.05, 4.69) is 0 Å². The number of carbonyl (C=O) groups excluding carboxylic acids is 1. The van der Waals surface area contributed by atoms with Gasteiger partial charge in [0.15, 0.2) is 0 Å². The quantitative estimate of drug-likeness (QED) is 0.658. The minimum Gasteiger partial charge on any atom is -0.311 e. The molecule has 0 heterocycles. The van der Waals surface area contributed by atoms with E-state index in [-0.39, 0.29) is 10.6 Å². The van der Waals surface area contributed by atoms with E-state index >= 15 is 0 Å². The smallest absolute Gasteiger partial charge is 0.262 e. The summed E-state index contributed by atoms with van der Waals surface area (Å²) in [7, 11) is 1.61. The summed E-state index contributed by atoms with van der Waals surface area (Å²) in [5.41, 5.74) is 0.572. The molecular weight excluding hydrogens is 301 g/mol. The van der Waals surface area contributed by atoms with E-state index in [0.29, 0.717) is 5.69 Å². The summed E-state index contributed by atoms with van der Waals surface area (Å²) in [5.74, 6) is -1.09. The summed E-state index contributed by atoms with van der Waals surface area (Å²) in [6.07, 6.45) is 0. The Balaban J connectivity index is 2.01. The maximum absolute atomic E-state index is 13.9. The van der Waals surface area contributed by atoms with Gasteiger partial charge in [-0.15, -0.1) is 0 Å². The second-order valence-corrected chi connectivity index (χ2v) is 5.40. The molecule has 22 heavy (non-hydrogen) atoms. The lowest BCUT2D eigenvalue weighted by Gasteiger charge is -2.19. The molecule has 3 aromatic carbocycles. The van der Waals surface area contributed by atoms with E-state index in [0.717, 1.165) is 10.8 Å². The summed E-state index contributed by atoms with van der Waals surface area (Å²) < 4.78 is 13.9. The topological polar surface area (TPSA) is 20.3 Å². The normalized spacial score (nSPS) is 10.7. The lowest BCUT2D eigenvalue weighted by Crippen LogP contribution is -2.27. The fourth-order valence-electron chi connectivity index (χ4n) is 2.37. The third-order valence-corrected chi connectivity index (χ3v) is 3.92. The van der Waals surface area contributed by atoms with Crippen molar-refractivity contribution in [2.75, 3.05) is 11.9 Å². The van der Waals surface area contributed by atoms with E-state index in [1.54, 1.807) is 7.05 Å². The number of fused-ring (bicyclic) bond motifs is 1. The predicted molar refractivity (Wildman–Crippen MR) is 88.1 cm³/mol. The molecular formula is C18H13ClFNO. The van der Waals surface area contributed by atoms with Gasteiger partial charge in [0.2, 0.25) is 0 Å². The number of rotatable bonds is 2. The molecule has 0 radical (unpaired) electrons. The van der Waals surface area contributed by atoms with Crippen molar-refractivity contribution in [3.63, 3.8) is 0 Å². The SMILES string of the molecule is CN(C(=O)c1c(F)cccc1Cl)c1ccc2ccccc2c1. The highest BCUT2D eigenvalue weighted by atomic mass is 35.5. The first-order chi connectivity index (χ1) is 10.6. The Hall–Kier alpha value is -2.39. The number of hydrogen-bond donors (Lipinski definition) is 0. The molecule has 0 saturated carbocycles. The van der Waals surface area contributed by atoms with Gasteiger partial charge in [-0.25, -0.2) is 4.39 Å². The molecule has 0 N–H and O–H groups in total. The summed E-state index contributed by atoms with van der Waals surface area (Å²) in [6, 6.07) is 17.7. The van der Waals surface area contributed by atoms with Gasteiger partial charge in [-0.05, 0) is 35.0 Å². The van der Waals surface area contributed by atoms with Crippen LogP contribution in [0.5, 0.6) is 0 Å². The Morgan fingerprint density at radius 3 is 2.45 bits per heavy atom. The minimum atomic E-state index is -0.620. The van der Waals surface area contributed by atoms with Crippen LogP contribution in [0.2, 0.25) is 5.02 Å². The van der Waals surface area contributed by atoms with Crippen molar-refractivity contribution in [1.29, 1.82) is 0 Å². The number of amides is 1. The molecule has 3 aromatic rings. The van der Waals surface area contributed by atoms with E-state index in [4.69, 9.17) is 11.6 Å². The van der Waals surface area contributed by atoms with Gasteiger partial charge in [0.05, 0.1) is 10.6 Å². The minimum absolute atomic E-state index is 0.109. The Morgan fingerprint density at radius 1 is 1.00 bits per heavy atom. The van der Waals surface area contributed by atoms with Crippen molar-refractivity contribution in [2.45, 2.75) is 0 Å². The lowest BCUT2D eigenvalue weighted by atomic mass is 10.1. The van der Waals surface area contributed by atoms with Gasteiger partial charge in [0.1, 0.15) is 5.82 Å². The standard InChI is InChI=1S/C18H13ClFNO/c1-21(18(22)17-15(19)7-4-8-16(17)20)14-10-9-12-5-2-3-6-13(12)11-14/h2-11H,1H3. The molecule has 0 aromatic heterocycles. The number of nitrogens with zero attached hydrogens (tertiary/aromatic N) is 1. The molecule has 1 amide bonds. The Morgan fingerprint density at radius 2 is 1.73 bits per heavy atom. The zero-order valence-electron chi connectivity index (χ0n) is 11.9. The average molecular weight is 314 g/mol. The number of hydrogen-bond acceptors (Lipinski definition) is 1. The molecule has 0 aliphatic heterocycles. The number of anilines is 1. The number of carbonyl (C=O) groups is 1. The summed E-state index contributed by atoms with van der Waals surface area (Å²) in [5, 5.41) is 2.20. The fraction of sp³-hybridized carbons (Fsp3) is 0.0556. The molecule has 0 aliphatic rings. The van der Waals surface area contributed by atoms with Crippen LogP contribution >= 0.6 is 11.6 Å². The van der Waals surface area contributed by atoms with Gasteiger partial charge < -0.3 is 4.90 Å². The molecule has 110 valence electrons. The van der Waals surface area contributed by atoms with E-state index in [1.165, 1.54) is 23.1 Å². The Labute approximate surface area is 132 Å². The second-order valence-electron chi connectivity index (χ2n) is 4.99. The zero-order chi connectivity index (χ0) is 15.7. The Bertz CT molecular complexity index is 842. The van der Waals surface area contributed by atoms with Crippen LogP contribution in [0, 0.1) is 5.82 Å². The first-order valence-corrected chi connectivity index (χ1v) is 7.16. The molecule has 0 spiro atoms. The molecule has 0 aliphatic carbocycles. The highest BCUT2D eigenvalue weighted by Crippen LogP contribution is 2.25. The first kappa shape index (κ1) is 14.5. The van der Waals surface area contributed by atoms with Crippen molar-refractivity contribution in [2.24, 2.45) is 0 Å². The lowest BCUT2D eigenvalue weighted by molar-refractivity contribution is 0.0989. The van der Waals surface area contributed by atoms with Gasteiger partial charge in [-0.2, -0.15) is 0 Å². The van der Waals surface area contributed by atoms with Crippen LogP contribution in [0.15, 0.2) is 60.7 Å². The molecule has 2 nitrogen and oxygen atoms in total. The van der Waals surface area contributed by atoms with Gasteiger partial charge in [-0.1, -0.05) is 48.0 Å². The third-order valence-electron chi connectivity index (χ3n) is 3.60. The molecule has 0 saturated heterocycles. The van der Waals surface area contributed by atoms with E-state index < -0.39 is 11.7 Å². The van der Waals surface area contributed by atoms with Gasteiger partial charge in [0, 0.05) is 12.7 Å². The van der Waals surface area contributed by atoms with Crippen LogP contribution in [0.4, 0.5) is 10.1 Å². The van der Waals surface area contributed by atoms with Crippen LogP contribution in [0.25, 0.3) is 10.8 Å². The fourth-order valence-corrected chi connectivity index (χ4v) is 2.62. The molecule has 0 fully saturated rings. The van der Waals surface area contributed by atoms with E-state index in [9.17, 15) is 9.18 Å². The van der Waals surface area contributed by atoms with Crippen LogP contribution < -0.4 is 4.90 Å². The average Bonchev–Trinajstić information content (AvgIpc) is 2.53. The largest absolute Gasteiger partial charge is 0.311 e. The van der Waals surface area contributed by atoms with Crippen molar-refractivity contribution in [3.8, 4) is 0 Å². The van der Waals surface area contributed by atoms with Crippen LogP contribution in [-0.4, -0.2) is 13.0 Å². The molecule has 0 unspecified atom stereocenters. The monoisotopic (exact) mass is 313 g/mol. The number of benzene rings is 3. The van der Waals surface area contributed by atoms with Crippen LogP contribution in [-0.2, 0) is 0 Å². The molecule has 4 heteroatoms. The number of halogens is 2. The zero-order valence-corrected chi connectivity index (χ0v) is 12.6. The van der Waals surface area contributed by atoms with Crippen molar-refractivity contribution in [1.82, 2.24) is 0 Å². The van der Waals surface area contributed by atoms with Crippen molar-refractivity contribution < 1.29 is 9.18 Å². The maximum atomic E-state index is 13.9. The molecule has 0 atom stereocenters. The summed E-state index contributed by atoms with van der Waals surface area (Å²) >= 11 is 5.96.